The average molecular weight is 575 g/mol. The summed E-state index contributed by atoms with van der Waals surface area (Å²) in [6, 6.07) is 20.4. The Labute approximate surface area is 246 Å². The van der Waals surface area contributed by atoms with Crippen LogP contribution in [-0.4, -0.2) is 73.9 Å². The van der Waals surface area contributed by atoms with Gasteiger partial charge in [0.1, 0.15) is 6.61 Å². The van der Waals surface area contributed by atoms with E-state index >= 15 is 0 Å². The maximum Gasteiger partial charge on any atom is 0.333 e. The van der Waals surface area contributed by atoms with Crippen molar-refractivity contribution in [3.8, 4) is 0 Å². The second-order valence-electron chi connectivity index (χ2n) is 9.46. The third-order valence-electron chi connectivity index (χ3n) is 6.22. The minimum absolute atomic E-state index is 0.00456. The number of esters is 1. The number of nitrogens with zero attached hydrogens (tertiary/aromatic N) is 6. The molecular formula is C31H38N6O5. The highest BCUT2D eigenvalue weighted by Crippen LogP contribution is 2.28. The summed E-state index contributed by atoms with van der Waals surface area (Å²) in [6.45, 7) is 8.96. The van der Waals surface area contributed by atoms with Crippen LogP contribution in [0.5, 0.6) is 0 Å². The molecule has 0 unspecified atom stereocenters. The van der Waals surface area contributed by atoms with E-state index in [1.165, 1.54) is 0 Å². The van der Waals surface area contributed by atoms with E-state index in [4.69, 9.17) is 4.74 Å². The Bertz CT molecular complexity index is 1350. The lowest BCUT2D eigenvalue weighted by molar-refractivity contribution is -0.138. The van der Waals surface area contributed by atoms with Crippen LogP contribution >= 0.6 is 0 Å². The fourth-order valence-electron chi connectivity index (χ4n) is 3.98. The van der Waals surface area contributed by atoms with Gasteiger partial charge in [0, 0.05) is 36.6 Å². The van der Waals surface area contributed by atoms with Crippen LogP contribution in [0, 0.1) is 6.92 Å². The van der Waals surface area contributed by atoms with E-state index in [2.05, 4.69) is 27.0 Å². The maximum absolute atomic E-state index is 11.6. The number of carbonyl (C=O) groups excluding carboxylic acids is 1. The number of hydrogen-bond acceptors (Lipinski definition) is 11. The molecule has 0 spiro atoms. The second kappa shape index (κ2) is 16.7. The summed E-state index contributed by atoms with van der Waals surface area (Å²) in [5.74, 6) is -0.436. The highest BCUT2D eigenvalue weighted by molar-refractivity contribution is 5.86. The molecule has 0 fully saturated rings. The Morgan fingerprint density at radius 3 is 1.64 bits per heavy atom. The number of benzene rings is 3. The highest BCUT2D eigenvalue weighted by atomic mass is 16.5. The molecule has 0 aliphatic rings. The van der Waals surface area contributed by atoms with Gasteiger partial charge in [0.2, 0.25) is 0 Å². The van der Waals surface area contributed by atoms with Gasteiger partial charge in [-0.15, -0.1) is 0 Å². The van der Waals surface area contributed by atoms with E-state index in [1.54, 1.807) is 6.92 Å². The van der Waals surface area contributed by atoms with Crippen LogP contribution in [0.15, 0.2) is 99.3 Å². The summed E-state index contributed by atoms with van der Waals surface area (Å²) in [7, 11) is 0. The predicted molar refractivity (Wildman–Crippen MR) is 164 cm³/mol. The molecule has 42 heavy (non-hydrogen) atoms. The van der Waals surface area contributed by atoms with E-state index in [0.717, 1.165) is 16.9 Å². The molecule has 0 saturated heterocycles. The minimum atomic E-state index is -0.436. The first-order chi connectivity index (χ1) is 20.3. The lowest BCUT2D eigenvalue weighted by Crippen LogP contribution is -2.31. The third-order valence-corrected chi connectivity index (χ3v) is 6.22. The molecule has 0 amide bonds. The molecule has 0 saturated carbocycles. The molecule has 3 N–H and O–H groups in total. The predicted octanol–water partition coefficient (Wildman–Crippen LogP) is 5.53. The second-order valence-corrected chi connectivity index (χ2v) is 9.46. The quantitative estimate of drug-likeness (QED) is 0.116. The minimum Gasteiger partial charge on any atom is -0.460 e. The summed E-state index contributed by atoms with van der Waals surface area (Å²) >= 11 is 0. The first kappa shape index (κ1) is 32.1. The van der Waals surface area contributed by atoms with Crippen LogP contribution in [0.4, 0.5) is 34.1 Å². The Morgan fingerprint density at radius 2 is 1.17 bits per heavy atom. The van der Waals surface area contributed by atoms with Crippen molar-refractivity contribution in [3.05, 3.63) is 84.4 Å². The molecule has 0 aromatic heterocycles. The van der Waals surface area contributed by atoms with Crippen LogP contribution < -0.4 is 9.80 Å². The topological polar surface area (TPSA) is 143 Å². The molecule has 222 valence electrons. The molecule has 0 bridgehead atoms. The van der Waals surface area contributed by atoms with Crippen LogP contribution in [0.3, 0.4) is 0 Å². The smallest absolute Gasteiger partial charge is 0.333 e. The van der Waals surface area contributed by atoms with Gasteiger partial charge in [0.05, 0.1) is 49.1 Å². The molecule has 0 heterocycles. The molecule has 0 aliphatic heterocycles. The summed E-state index contributed by atoms with van der Waals surface area (Å²) < 4.78 is 5.17. The van der Waals surface area contributed by atoms with Crippen molar-refractivity contribution in [2.75, 3.05) is 62.4 Å². The van der Waals surface area contributed by atoms with Gasteiger partial charge in [-0.25, -0.2) is 4.79 Å². The maximum atomic E-state index is 11.6. The van der Waals surface area contributed by atoms with Gasteiger partial charge in [-0.1, -0.05) is 6.58 Å². The highest BCUT2D eigenvalue weighted by Gasteiger charge is 2.09. The number of azo groups is 2. The number of aliphatic hydroxyl groups excluding tert-OH is 3. The summed E-state index contributed by atoms with van der Waals surface area (Å²) in [5, 5.41) is 45.3. The fraction of sp³-hybridized carbons (Fsp3) is 0.323. The Morgan fingerprint density at radius 1 is 0.714 bits per heavy atom. The van der Waals surface area contributed by atoms with Gasteiger partial charge in [0.25, 0.3) is 0 Å². The van der Waals surface area contributed by atoms with Crippen molar-refractivity contribution in [1.29, 1.82) is 0 Å². The first-order valence-corrected chi connectivity index (χ1v) is 13.6. The van der Waals surface area contributed by atoms with Gasteiger partial charge in [-0.2, -0.15) is 20.5 Å². The number of anilines is 2. The molecule has 0 atom stereocenters. The van der Waals surface area contributed by atoms with Crippen LogP contribution in [-0.2, 0) is 9.53 Å². The number of ether oxygens (including phenoxy) is 1. The number of carbonyl (C=O) groups is 1. The van der Waals surface area contributed by atoms with Crippen LogP contribution in [0.2, 0.25) is 0 Å². The van der Waals surface area contributed by atoms with Crippen molar-refractivity contribution in [2.24, 2.45) is 20.5 Å². The number of rotatable bonds is 16. The number of aliphatic hydroxyl groups is 3. The normalized spacial score (nSPS) is 11.3. The molecular weight excluding hydrogens is 536 g/mol. The van der Waals surface area contributed by atoms with Crippen molar-refractivity contribution in [2.45, 2.75) is 13.8 Å². The first-order valence-electron chi connectivity index (χ1n) is 13.6. The summed E-state index contributed by atoms with van der Waals surface area (Å²) in [6.07, 6.45) is 0. The Kier molecular flexibility index (Phi) is 12.8. The van der Waals surface area contributed by atoms with Crippen molar-refractivity contribution in [3.63, 3.8) is 0 Å². The van der Waals surface area contributed by atoms with Gasteiger partial charge < -0.3 is 29.9 Å². The SMILES string of the molecule is C=C(C)C(=O)OCCN(CCO)c1ccc(N=Nc2ccc(N=Nc3ccc(N(CCO)CCO)cc3)cc2C)cc1. The van der Waals surface area contributed by atoms with Gasteiger partial charge in [0.15, 0.2) is 0 Å². The van der Waals surface area contributed by atoms with Gasteiger partial charge >= 0.3 is 5.97 Å². The molecule has 0 aliphatic carbocycles. The van der Waals surface area contributed by atoms with E-state index in [0.29, 0.717) is 54.5 Å². The summed E-state index contributed by atoms with van der Waals surface area (Å²) in [5.41, 5.74) is 5.73. The summed E-state index contributed by atoms with van der Waals surface area (Å²) in [4.78, 5) is 15.4. The van der Waals surface area contributed by atoms with E-state index < -0.39 is 5.97 Å². The lowest BCUT2D eigenvalue weighted by Gasteiger charge is -2.23. The lowest BCUT2D eigenvalue weighted by atomic mass is 10.2. The van der Waals surface area contributed by atoms with Crippen molar-refractivity contribution in [1.82, 2.24) is 0 Å². The van der Waals surface area contributed by atoms with E-state index in [1.807, 2.05) is 83.5 Å². The fourth-order valence-corrected chi connectivity index (χ4v) is 3.98. The van der Waals surface area contributed by atoms with Gasteiger partial charge in [-0.05, 0) is 86.1 Å². The molecule has 3 rings (SSSR count). The zero-order chi connectivity index (χ0) is 30.3. The third kappa shape index (κ3) is 9.88. The van der Waals surface area contributed by atoms with E-state index in [-0.39, 0.29) is 26.4 Å². The van der Waals surface area contributed by atoms with Crippen LogP contribution in [0.25, 0.3) is 0 Å². The zero-order valence-corrected chi connectivity index (χ0v) is 24.1. The van der Waals surface area contributed by atoms with E-state index in [9.17, 15) is 20.1 Å². The number of hydrogen-bond donors (Lipinski definition) is 3. The van der Waals surface area contributed by atoms with Crippen molar-refractivity contribution < 1.29 is 24.9 Å². The molecule has 11 nitrogen and oxygen atoms in total. The Balaban J connectivity index is 1.60. The zero-order valence-electron chi connectivity index (χ0n) is 24.1. The average Bonchev–Trinajstić information content (AvgIpc) is 2.99. The Hall–Kier alpha value is -4.45. The molecule has 3 aromatic rings. The molecule has 0 radical (unpaired) electrons. The van der Waals surface area contributed by atoms with Gasteiger partial charge in [-0.3, -0.25) is 0 Å². The largest absolute Gasteiger partial charge is 0.460 e. The van der Waals surface area contributed by atoms with Crippen molar-refractivity contribution >= 4 is 40.1 Å². The standard InChI is InChI=1S/C31H38N6O5/c1-23(2)31(41)42-21-17-37(16-20-40)29-11-6-26(7-12-29)33-35-30-13-8-27(22-24(30)3)34-32-25-4-9-28(10-5-25)36(14-18-38)15-19-39/h4-13,22,38-40H,1,14-21H2,2-3H3. The monoisotopic (exact) mass is 574 g/mol. The molecule has 3 aromatic carbocycles. The molecule has 11 heteroatoms. The van der Waals surface area contributed by atoms with Crippen LogP contribution in [0.1, 0.15) is 12.5 Å². The number of aryl methyl sites for hydroxylation is 1.